The number of rotatable bonds is 4. The standard InChI is InChI=1S/C14H9ClF2N2O3/c15-8-3-4-18-12(5-8)14(21)22-7-13(20)19-11-2-1-9(16)6-10(11)17/h1-6H,7H2,(H,19,20). The molecule has 8 heteroatoms. The number of pyridine rings is 1. The number of benzene rings is 1. The second-order valence-electron chi connectivity index (χ2n) is 4.11. The quantitative estimate of drug-likeness (QED) is 0.877. The van der Waals surface area contributed by atoms with Crippen LogP contribution in [0.4, 0.5) is 14.5 Å². The van der Waals surface area contributed by atoms with Crippen LogP contribution < -0.4 is 5.32 Å². The van der Waals surface area contributed by atoms with Gasteiger partial charge in [-0.3, -0.25) is 4.79 Å². The molecule has 0 saturated heterocycles. The molecule has 5 nitrogen and oxygen atoms in total. The van der Waals surface area contributed by atoms with Crippen LogP contribution in [-0.2, 0) is 9.53 Å². The van der Waals surface area contributed by atoms with Gasteiger partial charge in [0.25, 0.3) is 5.91 Å². The number of amides is 1. The van der Waals surface area contributed by atoms with Crippen molar-refractivity contribution >= 4 is 29.2 Å². The average Bonchev–Trinajstić information content (AvgIpc) is 2.47. The van der Waals surface area contributed by atoms with Crippen molar-refractivity contribution in [2.45, 2.75) is 0 Å². The molecule has 2 rings (SSSR count). The molecule has 1 aromatic carbocycles. The SMILES string of the molecule is O=C(COC(=O)c1cc(Cl)ccn1)Nc1ccc(F)cc1F. The summed E-state index contributed by atoms with van der Waals surface area (Å²) in [6, 6.07) is 5.42. The van der Waals surface area contributed by atoms with E-state index in [1.54, 1.807) is 0 Å². The van der Waals surface area contributed by atoms with Crippen LogP contribution in [-0.4, -0.2) is 23.5 Å². The van der Waals surface area contributed by atoms with Crippen molar-refractivity contribution in [2.24, 2.45) is 0 Å². The summed E-state index contributed by atoms with van der Waals surface area (Å²) in [6.07, 6.45) is 1.31. The fourth-order valence-electron chi connectivity index (χ4n) is 1.50. The number of esters is 1. The fourth-order valence-corrected chi connectivity index (χ4v) is 1.66. The Bertz CT molecular complexity index is 725. The number of ether oxygens (including phenoxy) is 1. The molecule has 2 aromatic rings. The Morgan fingerprint density at radius 2 is 2.00 bits per heavy atom. The number of halogens is 3. The molecule has 1 heterocycles. The molecule has 1 amide bonds. The largest absolute Gasteiger partial charge is 0.451 e. The third kappa shape index (κ3) is 4.23. The van der Waals surface area contributed by atoms with E-state index >= 15 is 0 Å². The minimum Gasteiger partial charge on any atom is -0.451 e. The highest BCUT2D eigenvalue weighted by Gasteiger charge is 2.13. The maximum atomic E-state index is 13.3. The average molecular weight is 327 g/mol. The maximum absolute atomic E-state index is 13.3. The van der Waals surface area contributed by atoms with Gasteiger partial charge < -0.3 is 10.1 Å². The molecule has 0 aliphatic carbocycles. The topological polar surface area (TPSA) is 68.3 Å². The summed E-state index contributed by atoms with van der Waals surface area (Å²) in [5.41, 5.74) is -0.281. The summed E-state index contributed by atoms with van der Waals surface area (Å²) in [5.74, 6) is -3.33. The summed E-state index contributed by atoms with van der Waals surface area (Å²) >= 11 is 5.69. The van der Waals surface area contributed by atoms with Crippen molar-refractivity contribution in [2.75, 3.05) is 11.9 Å². The van der Waals surface area contributed by atoms with Gasteiger partial charge in [0.1, 0.15) is 17.3 Å². The van der Waals surface area contributed by atoms with Gasteiger partial charge in [0.15, 0.2) is 6.61 Å². The number of hydrogen-bond donors (Lipinski definition) is 1. The van der Waals surface area contributed by atoms with Gasteiger partial charge in [-0.25, -0.2) is 18.6 Å². The Balaban J connectivity index is 1.91. The van der Waals surface area contributed by atoms with Crippen LogP contribution in [0, 0.1) is 11.6 Å². The molecule has 1 N–H and O–H groups in total. The molecule has 0 fully saturated rings. The third-order valence-electron chi connectivity index (χ3n) is 2.47. The summed E-state index contributed by atoms with van der Waals surface area (Å²) in [4.78, 5) is 26.9. The molecule has 0 aliphatic heterocycles. The number of carbonyl (C=O) groups is 2. The minimum absolute atomic E-state index is 0.0618. The Morgan fingerprint density at radius 3 is 2.68 bits per heavy atom. The van der Waals surface area contributed by atoms with Crippen molar-refractivity contribution in [3.63, 3.8) is 0 Å². The lowest BCUT2D eigenvalue weighted by molar-refractivity contribution is -0.119. The van der Waals surface area contributed by atoms with Crippen LogP contribution in [0.2, 0.25) is 5.02 Å². The van der Waals surface area contributed by atoms with Gasteiger partial charge in [-0.2, -0.15) is 0 Å². The molecular formula is C14H9ClF2N2O3. The predicted octanol–water partition coefficient (Wildman–Crippen LogP) is 2.81. The zero-order chi connectivity index (χ0) is 16.1. The third-order valence-corrected chi connectivity index (χ3v) is 2.71. The Kier molecular flexibility index (Phi) is 5.00. The van der Waals surface area contributed by atoms with E-state index in [1.807, 2.05) is 0 Å². The van der Waals surface area contributed by atoms with Gasteiger partial charge in [0.05, 0.1) is 5.69 Å². The van der Waals surface area contributed by atoms with E-state index in [9.17, 15) is 18.4 Å². The predicted molar refractivity (Wildman–Crippen MR) is 74.5 cm³/mol. The lowest BCUT2D eigenvalue weighted by Gasteiger charge is -2.07. The zero-order valence-electron chi connectivity index (χ0n) is 11.0. The number of nitrogens with one attached hydrogen (secondary N) is 1. The molecule has 0 spiro atoms. The number of aromatic nitrogens is 1. The first-order chi connectivity index (χ1) is 10.5. The first kappa shape index (κ1) is 15.8. The highest BCUT2D eigenvalue weighted by atomic mass is 35.5. The van der Waals surface area contributed by atoms with Crippen LogP contribution >= 0.6 is 11.6 Å². The highest BCUT2D eigenvalue weighted by molar-refractivity contribution is 6.30. The van der Waals surface area contributed by atoms with Crippen molar-refractivity contribution in [3.8, 4) is 0 Å². The van der Waals surface area contributed by atoms with E-state index in [-0.39, 0.29) is 11.4 Å². The Labute approximate surface area is 128 Å². The minimum atomic E-state index is -0.934. The Morgan fingerprint density at radius 1 is 1.23 bits per heavy atom. The maximum Gasteiger partial charge on any atom is 0.357 e. The number of anilines is 1. The lowest BCUT2D eigenvalue weighted by atomic mass is 10.3. The van der Waals surface area contributed by atoms with Gasteiger partial charge in [0.2, 0.25) is 0 Å². The first-order valence-electron chi connectivity index (χ1n) is 5.99. The zero-order valence-corrected chi connectivity index (χ0v) is 11.7. The second-order valence-corrected chi connectivity index (χ2v) is 4.54. The molecule has 0 atom stereocenters. The summed E-state index contributed by atoms with van der Waals surface area (Å²) in [7, 11) is 0. The molecule has 114 valence electrons. The van der Waals surface area contributed by atoms with E-state index in [0.29, 0.717) is 11.1 Å². The number of nitrogens with zero attached hydrogens (tertiary/aromatic N) is 1. The van der Waals surface area contributed by atoms with Gasteiger partial charge in [0, 0.05) is 17.3 Å². The van der Waals surface area contributed by atoms with Crippen LogP contribution in [0.3, 0.4) is 0 Å². The van der Waals surface area contributed by atoms with Gasteiger partial charge in [-0.1, -0.05) is 11.6 Å². The van der Waals surface area contributed by atoms with E-state index in [2.05, 4.69) is 10.3 Å². The van der Waals surface area contributed by atoms with Crippen molar-refractivity contribution in [3.05, 3.63) is 58.9 Å². The molecule has 0 radical (unpaired) electrons. The second kappa shape index (κ2) is 6.95. The van der Waals surface area contributed by atoms with Crippen LogP contribution in [0.1, 0.15) is 10.5 Å². The molecule has 0 aliphatic rings. The van der Waals surface area contributed by atoms with E-state index in [4.69, 9.17) is 16.3 Å². The lowest BCUT2D eigenvalue weighted by Crippen LogP contribution is -2.21. The summed E-state index contributed by atoms with van der Waals surface area (Å²) in [5, 5.41) is 2.44. The van der Waals surface area contributed by atoms with Gasteiger partial charge >= 0.3 is 5.97 Å². The molecule has 0 saturated carbocycles. The van der Waals surface area contributed by atoms with Crippen LogP contribution in [0.5, 0.6) is 0 Å². The van der Waals surface area contributed by atoms with Crippen molar-refractivity contribution < 1.29 is 23.1 Å². The molecule has 1 aromatic heterocycles. The number of carbonyl (C=O) groups excluding carboxylic acids is 2. The van der Waals surface area contributed by atoms with Gasteiger partial charge in [-0.05, 0) is 24.3 Å². The summed E-state index contributed by atoms with van der Waals surface area (Å²) in [6.45, 7) is -0.649. The van der Waals surface area contributed by atoms with Gasteiger partial charge in [-0.15, -0.1) is 0 Å². The Hall–Kier alpha value is -2.54. The smallest absolute Gasteiger partial charge is 0.357 e. The van der Waals surface area contributed by atoms with Crippen molar-refractivity contribution in [1.82, 2.24) is 4.98 Å². The highest BCUT2D eigenvalue weighted by Crippen LogP contribution is 2.15. The monoisotopic (exact) mass is 326 g/mol. The van der Waals surface area contributed by atoms with Crippen molar-refractivity contribution in [1.29, 1.82) is 0 Å². The number of hydrogen-bond acceptors (Lipinski definition) is 4. The molecular weight excluding hydrogens is 318 g/mol. The molecule has 0 bridgehead atoms. The van der Waals surface area contributed by atoms with Crippen LogP contribution in [0.15, 0.2) is 36.5 Å². The first-order valence-corrected chi connectivity index (χ1v) is 6.37. The summed E-state index contributed by atoms with van der Waals surface area (Å²) < 4.78 is 30.8. The van der Waals surface area contributed by atoms with Crippen LogP contribution in [0.25, 0.3) is 0 Å². The molecule has 0 unspecified atom stereocenters. The molecule has 22 heavy (non-hydrogen) atoms. The van der Waals surface area contributed by atoms with E-state index in [1.165, 1.54) is 18.3 Å². The van der Waals surface area contributed by atoms with E-state index in [0.717, 1.165) is 12.1 Å². The normalized spacial score (nSPS) is 10.1. The van der Waals surface area contributed by atoms with E-state index < -0.39 is 30.1 Å². The fraction of sp³-hybridized carbons (Fsp3) is 0.0714.